The first-order valence-corrected chi connectivity index (χ1v) is 10.5. The van der Waals surface area contributed by atoms with Gasteiger partial charge < -0.3 is 0 Å². The van der Waals surface area contributed by atoms with E-state index in [1.165, 1.54) is 0 Å². The maximum Gasteiger partial charge on any atom is 0.263 e. The van der Waals surface area contributed by atoms with Gasteiger partial charge in [-0.3, -0.25) is 4.72 Å². The van der Waals surface area contributed by atoms with Gasteiger partial charge in [-0.2, -0.15) is 0 Å². The zero-order valence-corrected chi connectivity index (χ0v) is 16.1. The van der Waals surface area contributed by atoms with Crippen molar-refractivity contribution >= 4 is 48.9 Å². The van der Waals surface area contributed by atoms with E-state index in [2.05, 4.69) is 9.71 Å². The molecule has 0 saturated carbocycles. The normalized spacial score (nSPS) is 11.6. The molecule has 136 valence electrons. The van der Waals surface area contributed by atoms with Crippen molar-refractivity contribution in [1.82, 2.24) is 4.98 Å². The van der Waals surface area contributed by atoms with Crippen LogP contribution in [0.2, 0.25) is 5.02 Å². The highest BCUT2D eigenvalue weighted by molar-refractivity contribution is 7.92. The van der Waals surface area contributed by atoms with E-state index in [1.54, 1.807) is 35.6 Å². The lowest BCUT2D eigenvalue weighted by Crippen LogP contribution is -2.13. The van der Waals surface area contributed by atoms with Crippen LogP contribution >= 0.6 is 22.9 Å². The molecular formula is C19H12ClFN2O2S2. The number of benzene rings is 3. The van der Waals surface area contributed by atoms with Gasteiger partial charge in [0.2, 0.25) is 0 Å². The summed E-state index contributed by atoms with van der Waals surface area (Å²) in [7, 11) is -3.92. The van der Waals surface area contributed by atoms with Crippen LogP contribution in [-0.4, -0.2) is 13.4 Å². The summed E-state index contributed by atoms with van der Waals surface area (Å²) in [6.45, 7) is 0. The van der Waals surface area contributed by atoms with Crippen LogP contribution in [0.1, 0.15) is 0 Å². The van der Waals surface area contributed by atoms with Gasteiger partial charge in [0.05, 0.1) is 15.2 Å². The van der Waals surface area contributed by atoms with Crippen LogP contribution < -0.4 is 4.72 Å². The van der Waals surface area contributed by atoms with Crippen molar-refractivity contribution in [2.24, 2.45) is 0 Å². The molecule has 0 unspecified atom stereocenters. The minimum Gasteiger partial charge on any atom is -0.280 e. The van der Waals surface area contributed by atoms with Crippen molar-refractivity contribution in [3.05, 3.63) is 77.6 Å². The van der Waals surface area contributed by atoms with Gasteiger partial charge in [0.15, 0.2) is 0 Å². The number of anilines is 1. The van der Waals surface area contributed by atoms with E-state index in [0.29, 0.717) is 5.69 Å². The Bertz CT molecular complexity index is 1210. The topological polar surface area (TPSA) is 59.1 Å². The summed E-state index contributed by atoms with van der Waals surface area (Å²) in [6, 6.07) is 17.9. The number of aromatic nitrogens is 1. The Balaban J connectivity index is 1.60. The third kappa shape index (κ3) is 3.66. The molecule has 0 spiro atoms. The van der Waals surface area contributed by atoms with E-state index in [0.717, 1.165) is 39.0 Å². The highest BCUT2D eigenvalue weighted by Gasteiger charge is 2.18. The van der Waals surface area contributed by atoms with Gasteiger partial charge in [-0.25, -0.2) is 17.8 Å². The lowest BCUT2D eigenvalue weighted by molar-refractivity contribution is 0.600. The van der Waals surface area contributed by atoms with Crippen molar-refractivity contribution in [2.45, 2.75) is 4.90 Å². The first-order chi connectivity index (χ1) is 12.9. The maximum absolute atomic E-state index is 13.1. The lowest BCUT2D eigenvalue weighted by Gasteiger charge is -2.10. The SMILES string of the molecule is O=S(=O)(Nc1ccc(-c2nc3ccccc3s2)cc1)c1ccc(F)cc1Cl. The summed E-state index contributed by atoms with van der Waals surface area (Å²) in [6.07, 6.45) is 0. The molecule has 27 heavy (non-hydrogen) atoms. The first-order valence-electron chi connectivity index (χ1n) is 7.86. The number of para-hydroxylation sites is 1. The van der Waals surface area contributed by atoms with E-state index in [-0.39, 0.29) is 9.92 Å². The van der Waals surface area contributed by atoms with Gasteiger partial charge in [0, 0.05) is 11.3 Å². The van der Waals surface area contributed by atoms with Crippen LogP contribution in [0.25, 0.3) is 20.8 Å². The highest BCUT2D eigenvalue weighted by atomic mass is 35.5. The molecule has 8 heteroatoms. The summed E-state index contributed by atoms with van der Waals surface area (Å²) in [4.78, 5) is 4.40. The van der Waals surface area contributed by atoms with Crippen molar-refractivity contribution in [3.63, 3.8) is 0 Å². The molecule has 1 aromatic heterocycles. The zero-order valence-electron chi connectivity index (χ0n) is 13.7. The van der Waals surface area contributed by atoms with Crippen molar-refractivity contribution in [2.75, 3.05) is 4.72 Å². The predicted octanol–water partition coefficient (Wildman–Crippen LogP) is 5.56. The van der Waals surface area contributed by atoms with E-state index in [4.69, 9.17) is 11.6 Å². The van der Waals surface area contributed by atoms with Crippen molar-refractivity contribution in [3.8, 4) is 10.6 Å². The highest BCUT2D eigenvalue weighted by Crippen LogP contribution is 2.31. The minimum atomic E-state index is -3.92. The molecule has 3 aromatic carbocycles. The summed E-state index contributed by atoms with van der Waals surface area (Å²) in [5.41, 5.74) is 2.19. The van der Waals surface area contributed by atoms with Crippen LogP contribution in [0.3, 0.4) is 0 Å². The second kappa shape index (κ2) is 6.92. The smallest absolute Gasteiger partial charge is 0.263 e. The zero-order chi connectivity index (χ0) is 19.0. The van der Waals surface area contributed by atoms with E-state index < -0.39 is 15.8 Å². The third-order valence-corrected chi connectivity index (χ3v) is 6.81. The Morgan fingerprint density at radius 3 is 2.44 bits per heavy atom. The molecular weight excluding hydrogens is 407 g/mol. The molecule has 0 fully saturated rings. The minimum absolute atomic E-state index is 0.173. The van der Waals surface area contributed by atoms with Crippen LogP contribution in [0.15, 0.2) is 71.6 Å². The van der Waals surface area contributed by atoms with Gasteiger partial charge in [-0.05, 0) is 54.6 Å². The van der Waals surface area contributed by atoms with Crippen molar-refractivity contribution in [1.29, 1.82) is 0 Å². The molecule has 4 rings (SSSR count). The molecule has 0 atom stereocenters. The molecule has 0 aliphatic heterocycles. The maximum atomic E-state index is 13.1. The Labute approximate surface area is 164 Å². The van der Waals surface area contributed by atoms with Gasteiger partial charge in [0.1, 0.15) is 15.7 Å². The second-order valence-corrected chi connectivity index (χ2v) is 8.83. The van der Waals surface area contributed by atoms with Crippen LogP contribution in [0.4, 0.5) is 10.1 Å². The van der Waals surface area contributed by atoms with Crippen LogP contribution in [-0.2, 0) is 10.0 Å². The fourth-order valence-electron chi connectivity index (χ4n) is 2.58. The quantitative estimate of drug-likeness (QED) is 0.472. The fraction of sp³-hybridized carbons (Fsp3) is 0. The van der Waals surface area contributed by atoms with Crippen molar-refractivity contribution < 1.29 is 12.8 Å². The molecule has 0 amide bonds. The fourth-order valence-corrected chi connectivity index (χ4v) is 5.14. The number of sulfonamides is 1. The number of hydrogen-bond donors (Lipinski definition) is 1. The predicted molar refractivity (Wildman–Crippen MR) is 107 cm³/mol. The van der Waals surface area contributed by atoms with Gasteiger partial charge in [-0.15, -0.1) is 11.3 Å². The second-order valence-electron chi connectivity index (χ2n) is 5.74. The van der Waals surface area contributed by atoms with Gasteiger partial charge in [-0.1, -0.05) is 23.7 Å². The van der Waals surface area contributed by atoms with Crippen LogP contribution in [0.5, 0.6) is 0 Å². The molecule has 0 bridgehead atoms. The number of rotatable bonds is 4. The number of fused-ring (bicyclic) bond motifs is 1. The number of nitrogens with one attached hydrogen (secondary N) is 1. The van der Waals surface area contributed by atoms with E-state index in [1.807, 2.05) is 24.3 Å². The molecule has 4 aromatic rings. The monoisotopic (exact) mass is 418 g/mol. The summed E-state index contributed by atoms with van der Waals surface area (Å²) >= 11 is 7.42. The largest absolute Gasteiger partial charge is 0.280 e. The summed E-state index contributed by atoms with van der Waals surface area (Å²) < 4.78 is 41.6. The Morgan fingerprint density at radius 1 is 1.00 bits per heavy atom. The molecule has 1 N–H and O–H groups in total. The number of thiazole rings is 1. The molecule has 4 nitrogen and oxygen atoms in total. The Kier molecular flexibility index (Phi) is 4.59. The molecule has 0 saturated heterocycles. The third-order valence-electron chi connectivity index (χ3n) is 3.86. The first kappa shape index (κ1) is 17.9. The van der Waals surface area contributed by atoms with E-state index >= 15 is 0 Å². The molecule has 0 aliphatic rings. The number of halogens is 2. The Morgan fingerprint density at radius 2 is 1.74 bits per heavy atom. The Hall–Kier alpha value is -2.48. The molecule has 0 aliphatic carbocycles. The summed E-state index contributed by atoms with van der Waals surface area (Å²) in [5.74, 6) is -0.598. The lowest BCUT2D eigenvalue weighted by atomic mass is 10.2. The van der Waals surface area contributed by atoms with E-state index in [9.17, 15) is 12.8 Å². The number of hydrogen-bond acceptors (Lipinski definition) is 4. The standard InChI is InChI=1S/C19H12ClFN2O2S2/c20-15-11-13(21)7-10-18(15)27(24,25)23-14-8-5-12(6-9-14)19-22-16-3-1-2-4-17(16)26-19/h1-11,23H. The van der Waals surface area contributed by atoms with Crippen LogP contribution in [0, 0.1) is 5.82 Å². The average molecular weight is 419 g/mol. The number of nitrogens with zero attached hydrogens (tertiary/aromatic N) is 1. The average Bonchev–Trinajstić information content (AvgIpc) is 3.05. The summed E-state index contributed by atoms with van der Waals surface area (Å²) in [5, 5.41) is 0.681. The van der Waals surface area contributed by atoms with Gasteiger partial charge in [0.25, 0.3) is 10.0 Å². The molecule has 0 radical (unpaired) electrons. The van der Waals surface area contributed by atoms with Gasteiger partial charge >= 0.3 is 0 Å². The molecule has 1 heterocycles.